The highest BCUT2D eigenvalue weighted by Crippen LogP contribution is 2.93. The molecule has 2 aliphatic heterocycles. The van der Waals surface area contributed by atoms with Crippen molar-refractivity contribution >= 4 is 117 Å². The standard InChI is InChI=1S/C22H22S10/c1-19-13-11(7-9-27-13)12-8-10-28-14(12)20(2,21(19)29-15(23-3)16(24-4)30-21)22(19)31-17(25-5)18(26-6)32-22/h7-10H,1-6H3. The van der Waals surface area contributed by atoms with Crippen molar-refractivity contribution in [2.24, 2.45) is 0 Å². The lowest BCUT2D eigenvalue weighted by Crippen LogP contribution is -2.83. The van der Waals surface area contributed by atoms with Gasteiger partial charge in [0.05, 0.1) is 35.9 Å². The summed E-state index contributed by atoms with van der Waals surface area (Å²) in [7, 11) is 0. The Balaban J connectivity index is 1.67. The fourth-order valence-electron chi connectivity index (χ4n) is 5.83. The van der Waals surface area contributed by atoms with Crippen LogP contribution < -0.4 is 0 Å². The van der Waals surface area contributed by atoms with Crippen molar-refractivity contribution in [3.63, 3.8) is 0 Å². The third kappa shape index (κ3) is 2.48. The topological polar surface area (TPSA) is 0 Å². The molecular formula is C22H22S10. The highest BCUT2D eigenvalue weighted by Gasteiger charge is 2.90. The van der Waals surface area contributed by atoms with Crippen molar-refractivity contribution in [3.8, 4) is 11.1 Å². The Morgan fingerprint density at radius 1 is 0.562 bits per heavy atom. The molecule has 0 nitrogen and oxygen atoms in total. The highest BCUT2D eigenvalue weighted by atomic mass is 32.3. The lowest BCUT2D eigenvalue weighted by atomic mass is 9.51. The van der Waals surface area contributed by atoms with Crippen molar-refractivity contribution in [3.05, 3.63) is 49.6 Å². The first-order valence-electron chi connectivity index (χ1n) is 9.96. The van der Waals surface area contributed by atoms with Crippen molar-refractivity contribution in [2.45, 2.75) is 32.8 Å². The lowest BCUT2D eigenvalue weighted by Gasteiger charge is -2.75. The van der Waals surface area contributed by atoms with Gasteiger partial charge in [-0.1, -0.05) is 60.9 Å². The molecule has 2 aromatic rings. The van der Waals surface area contributed by atoms with Gasteiger partial charge in [-0.3, -0.25) is 0 Å². The molecule has 170 valence electrons. The van der Waals surface area contributed by atoms with Crippen LogP contribution in [0.15, 0.2) is 39.8 Å². The third-order valence-corrected chi connectivity index (χ3v) is 22.8. The van der Waals surface area contributed by atoms with E-state index in [2.05, 4.69) is 109 Å². The fraction of sp³-hybridized carbons (Fsp3) is 0.455. The van der Waals surface area contributed by atoms with Gasteiger partial charge in [0.25, 0.3) is 0 Å². The molecule has 2 aromatic heterocycles. The molecule has 10 heteroatoms. The van der Waals surface area contributed by atoms with Crippen LogP contribution in [0.5, 0.6) is 0 Å². The maximum absolute atomic E-state index is 2.61. The Kier molecular flexibility index (Phi) is 6.08. The molecule has 0 unspecified atom stereocenters. The van der Waals surface area contributed by atoms with Gasteiger partial charge in [-0.05, 0) is 59.0 Å². The summed E-state index contributed by atoms with van der Waals surface area (Å²) >= 11 is 20.5. The van der Waals surface area contributed by atoms with E-state index in [9.17, 15) is 0 Å². The molecule has 5 aliphatic rings. The maximum Gasteiger partial charge on any atom is 0.0963 e. The Bertz CT molecular complexity index is 1040. The van der Waals surface area contributed by atoms with E-state index >= 15 is 0 Å². The third-order valence-electron chi connectivity index (χ3n) is 7.18. The minimum absolute atomic E-state index is 0.0403. The van der Waals surface area contributed by atoms with Gasteiger partial charge in [0.1, 0.15) is 0 Å². The van der Waals surface area contributed by atoms with Gasteiger partial charge in [-0.25, -0.2) is 0 Å². The van der Waals surface area contributed by atoms with Crippen molar-refractivity contribution in [2.75, 3.05) is 25.0 Å². The zero-order valence-corrected chi connectivity index (χ0v) is 26.6. The van der Waals surface area contributed by atoms with E-state index in [1.807, 2.05) is 69.7 Å². The minimum atomic E-state index is 0.0403. The van der Waals surface area contributed by atoms with Gasteiger partial charge in [0.15, 0.2) is 0 Å². The fourth-order valence-corrected chi connectivity index (χ4v) is 22.8. The maximum atomic E-state index is 2.61. The molecular weight excluding hydrogens is 585 g/mol. The normalized spacial score (nSPS) is 31.3. The summed E-state index contributed by atoms with van der Waals surface area (Å²) in [5, 5.41) is 4.68. The molecule has 1 fully saturated rings. The largest absolute Gasteiger partial charge is 0.148 e. The molecule has 0 amide bonds. The summed E-state index contributed by atoms with van der Waals surface area (Å²) in [6.07, 6.45) is 9.03. The van der Waals surface area contributed by atoms with Crippen molar-refractivity contribution < 1.29 is 0 Å². The van der Waals surface area contributed by atoms with Crippen LogP contribution in [0.1, 0.15) is 23.6 Å². The molecule has 3 aliphatic carbocycles. The first-order chi connectivity index (χ1) is 15.4. The van der Waals surface area contributed by atoms with E-state index in [0.717, 1.165) is 0 Å². The lowest BCUT2D eigenvalue weighted by molar-refractivity contribution is 0.124. The zero-order valence-electron chi connectivity index (χ0n) is 18.4. The number of rotatable bonds is 4. The van der Waals surface area contributed by atoms with Gasteiger partial charge in [0, 0.05) is 9.75 Å². The smallest absolute Gasteiger partial charge is 0.0963 e. The quantitative estimate of drug-likeness (QED) is 0.333. The second-order valence-corrected chi connectivity index (χ2v) is 19.7. The van der Waals surface area contributed by atoms with E-state index in [0.29, 0.717) is 0 Å². The summed E-state index contributed by atoms with van der Waals surface area (Å²) in [5.41, 5.74) is 3.06. The highest BCUT2D eigenvalue weighted by molar-refractivity contribution is 8.40. The average Bonchev–Trinajstić information content (AvgIpc) is 3.59. The van der Waals surface area contributed by atoms with Crippen LogP contribution in [-0.2, 0) is 10.8 Å². The number of hydrogen-bond donors (Lipinski definition) is 0. The Hall–Kier alpha value is 1.68. The Morgan fingerprint density at radius 2 is 0.875 bits per heavy atom. The second kappa shape index (κ2) is 8.09. The van der Waals surface area contributed by atoms with Gasteiger partial charge in [-0.15, -0.1) is 69.7 Å². The van der Waals surface area contributed by atoms with Gasteiger partial charge in [0.2, 0.25) is 0 Å². The molecule has 1 saturated carbocycles. The molecule has 0 N–H and O–H groups in total. The molecule has 7 rings (SSSR count). The van der Waals surface area contributed by atoms with E-state index in [1.165, 1.54) is 28.1 Å². The van der Waals surface area contributed by atoms with Crippen LogP contribution >= 0.6 is 117 Å². The Morgan fingerprint density at radius 3 is 1.16 bits per heavy atom. The number of thioether (sulfide) groups is 8. The molecule has 32 heavy (non-hydrogen) atoms. The van der Waals surface area contributed by atoms with Gasteiger partial charge in [-0.2, -0.15) is 0 Å². The molecule has 0 saturated heterocycles. The number of hydrogen-bond acceptors (Lipinski definition) is 10. The summed E-state index contributed by atoms with van der Waals surface area (Å²) in [5.74, 6) is 0. The minimum Gasteiger partial charge on any atom is -0.148 e. The summed E-state index contributed by atoms with van der Waals surface area (Å²) in [6, 6.07) is 4.79. The second-order valence-electron chi connectivity index (χ2n) is 8.18. The molecule has 0 radical (unpaired) electrons. The van der Waals surface area contributed by atoms with Crippen LogP contribution in [0.3, 0.4) is 0 Å². The van der Waals surface area contributed by atoms with Gasteiger partial charge >= 0.3 is 0 Å². The van der Waals surface area contributed by atoms with Crippen LogP contribution in [-0.4, -0.2) is 33.2 Å². The summed E-state index contributed by atoms with van der Waals surface area (Å²) in [4.78, 5) is 3.19. The summed E-state index contributed by atoms with van der Waals surface area (Å²) < 4.78 is 6.19. The molecule has 2 bridgehead atoms. The van der Waals surface area contributed by atoms with Crippen LogP contribution in [0.2, 0.25) is 0 Å². The van der Waals surface area contributed by atoms with Gasteiger partial charge < -0.3 is 0 Å². The van der Waals surface area contributed by atoms with E-state index in [1.54, 1.807) is 9.75 Å². The molecule has 0 aromatic carbocycles. The molecule has 0 atom stereocenters. The van der Waals surface area contributed by atoms with E-state index in [-0.39, 0.29) is 19.0 Å². The Labute approximate surface area is 232 Å². The SMILES string of the molecule is CSC1=C(SC)SC2(S1)C1(C)c3sccc3-c3ccsc3C2(C)C12SC(SC)=C(SC)S2. The summed E-state index contributed by atoms with van der Waals surface area (Å²) in [6.45, 7) is 5.23. The molecule has 2 spiro atoms. The molecule has 4 heterocycles. The van der Waals surface area contributed by atoms with Crippen LogP contribution in [0.25, 0.3) is 11.1 Å². The first kappa shape index (κ1) is 24.0. The van der Waals surface area contributed by atoms with Crippen molar-refractivity contribution in [1.82, 2.24) is 0 Å². The average molecular weight is 607 g/mol. The number of thiophene rings is 2. The van der Waals surface area contributed by atoms with Crippen molar-refractivity contribution in [1.29, 1.82) is 0 Å². The van der Waals surface area contributed by atoms with E-state index < -0.39 is 0 Å². The van der Waals surface area contributed by atoms with E-state index in [4.69, 9.17) is 0 Å². The predicted octanol–water partition coefficient (Wildman–Crippen LogP) is 10.1. The van der Waals surface area contributed by atoms with Crippen LogP contribution in [0, 0.1) is 0 Å². The predicted molar refractivity (Wildman–Crippen MR) is 166 cm³/mol. The first-order valence-corrected chi connectivity index (χ1v) is 19.9. The monoisotopic (exact) mass is 606 g/mol. The van der Waals surface area contributed by atoms with Crippen LogP contribution in [0.4, 0.5) is 0 Å². The zero-order chi connectivity index (χ0) is 22.5.